The molecule has 9 nitrogen and oxygen atoms in total. The van der Waals surface area contributed by atoms with E-state index >= 15 is 0 Å². The zero-order valence-electron chi connectivity index (χ0n) is 42.5. The maximum atomic E-state index is 12.3. The van der Waals surface area contributed by atoms with Crippen molar-refractivity contribution in [2.45, 2.75) is 19.7 Å². The van der Waals surface area contributed by atoms with E-state index in [2.05, 4.69) is 65.1 Å². The number of phenols is 2. The first-order valence-corrected chi connectivity index (χ1v) is 27.4. The molecule has 1 aliphatic carbocycles. The van der Waals surface area contributed by atoms with Gasteiger partial charge in [-0.2, -0.15) is 10.5 Å². The lowest BCUT2D eigenvalue weighted by atomic mass is 9.31. The van der Waals surface area contributed by atoms with Crippen molar-refractivity contribution in [3.05, 3.63) is 238 Å². The highest BCUT2D eigenvalue weighted by Gasteiger charge is 2.46. The molecule has 1 unspecified atom stereocenters. The van der Waals surface area contributed by atoms with E-state index < -0.39 is 19.4 Å². The van der Waals surface area contributed by atoms with Crippen LogP contribution in [-0.2, 0) is 0 Å². The minimum atomic E-state index is -0.634. The normalized spacial score (nSPS) is 13.9. The van der Waals surface area contributed by atoms with Gasteiger partial charge in [0.05, 0.1) is 44.6 Å². The number of allylic oxidation sites excluding steroid dienone is 2. The topological polar surface area (TPSA) is 137 Å². The monoisotopic (exact) mass is 1050 g/mol. The number of hydrogen-bond acceptors (Lipinski definition) is 10. The lowest BCUT2D eigenvalue weighted by molar-refractivity contribution is 0.340. The molecule has 0 aliphatic heterocycles. The molecular formula is C65H47B2N5O4S2. The number of nitrogens with zero attached hydrogens (tertiary/aromatic N) is 5. The molecule has 12 rings (SSSR count). The second-order valence-corrected chi connectivity index (χ2v) is 20.9. The summed E-state index contributed by atoms with van der Waals surface area (Å²) in [6.45, 7) is 3.84. The number of hydrogen-bond donors (Lipinski definition) is 2. The fourth-order valence-electron chi connectivity index (χ4n) is 11.2. The summed E-state index contributed by atoms with van der Waals surface area (Å²) in [5, 5.41) is 49.0. The van der Waals surface area contributed by atoms with E-state index in [4.69, 9.17) is 19.4 Å². The third kappa shape index (κ3) is 8.99. The molecule has 0 saturated carbocycles. The van der Waals surface area contributed by atoms with Crippen LogP contribution in [0.1, 0.15) is 35.0 Å². The van der Waals surface area contributed by atoms with Crippen molar-refractivity contribution in [1.82, 2.24) is 14.4 Å². The van der Waals surface area contributed by atoms with Gasteiger partial charge in [0.1, 0.15) is 50.7 Å². The number of aromatic hydroxyl groups is 2. The Morgan fingerprint density at radius 2 is 0.987 bits per heavy atom. The highest BCUT2D eigenvalue weighted by atomic mass is 32.1. The predicted molar refractivity (Wildman–Crippen MR) is 318 cm³/mol. The van der Waals surface area contributed by atoms with Crippen LogP contribution in [0.2, 0.25) is 5.82 Å². The van der Waals surface area contributed by atoms with Gasteiger partial charge >= 0.3 is 6.85 Å². The summed E-state index contributed by atoms with van der Waals surface area (Å²) in [6.07, 6.45) is 0. The highest BCUT2D eigenvalue weighted by Crippen LogP contribution is 2.51. The van der Waals surface area contributed by atoms with Gasteiger partial charge in [-0.15, -0.1) is 22.7 Å². The van der Waals surface area contributed by atoms with Crippen LogP contribution < -0.4 is 41.9 Å². The molecule has 3 heterocycles. The van der Waals surface area contributed by atoms with Crippen molar-refractivity contribution < 1.29 is 19.7 Å². The van der Waals surface area contributed by atoms with Crippen LogP contribution in [0.15, 0.2) is 206 Å². The van der Waals surface area contributed by atoms with E-state index in [0.29, 0.717) is 73.5 Å². The zero-order chi connectivity index (χ0) is 53.3. The van der Waals surface area contributed by atoms with Crippen LogP contribution in [-0.4, -0.2) is 51.4 Å². The van der Waals surface area contributed by atoms with Gasteiger partial charge in [-0.3, -0.25) is 0 Å². The summed E-state index contributed by atoms with van der Waals surface area (Å²) in [4.78, 5) is 10.6. The Hall–Kier alpha value is -9.39. The van der Waals surface area contributed by atoms with Gasteiger partial charge in [0.25, 0.3) is 0 Å². The second kappa shape index (κ2) is 21.3. The molecule has 3 aromatic heterocycles. The van der Waals surface area contributed by atoms with Crippen molar-refractivity contribution >= 4 is 101 Å². The molecule has 13 heteroatoms. The molecule has 8 aromatic carbocycles. The molecule has 2 N–H and O–H groups in total. The van der Waals surface area contributed by atoms with Crippen molar-refractivity contribution in [3.8, 4) is 46.4 Å². The predicted octanol–water partition coefficient (Wildman–Crippen LogP) is 10.3. The summed E-state index contributed by atoms with van der Waals surface area (Å²) in [6, 6.07) is 73.0. The summed E-state index contributed by atoms with van der Waals surface area (Å²) < 4.78 is 16.0. The van der Waals surface area contributed by atoms with E-state index in [1.165, 1.54) is 22.7 Å². The number of nitriles is 2. The van der Waals surface area contributed by atoms with E-state index in [9.17, 15) is 20.7 Å². The van der Waals surface area contributed by atoms with Crippen LogP contribution in [0.4, 0.5) is 0 Å². The minimum Gasteiger partial charge on any atom is -0.508 e. The number of benzene rings is 8. The number of ether oxygens (including phenoxy) is 2. The first kappa shape index (κ1) is 49.5. The van der Waals surface area contributed by atoms with E-state index in [1.54, 1.807) is 24.3 Å². The standard InChI is InChI=1S/C65H47B2N5O4S2/c1-3-75-49-33-35-55-53(37-49)70-64(77-55)51(39-68)58-60-59(57(41-25-29-47(73)30-26-41)61(58)66(43-17-9-5-10-18-43)44-19-11-6-12-20-44)63(52(40-69)65-71-54-38-50(76-4-2)34-36-56(54)78-65)72(62(60)42-27-31-48(74)32-28-42)67(45-21-13-7-14-22-45)46-23-15-8-16-24-46/h5-38,61,73-74H,3-4H2,1-2H3/b58-51-,63-52-. The molecule has 374 valence electrons. The van der Waals surface area contributed by atoms with Gasteiger partial charge in [-0.1, -0.05) is 155 Å². The largest absolute Gasteiger partial charge is 0.508 e. The zero-order valence-corrected chi connectivity index (χ0v) is 44.2. The van der Waals surface area contributed by atoms with E-state index in [-0.39, 0.29) is 11.5 Å². The van der Waals surface area contributed by atoms with Gasteiger partial charge in [0, 0.05) is 34.4 Å². The second-order valence-electron chi connectivity index (χ2n) is 18.9. The molecule has 0 radical (unpaired) electrons. The van der Waals surface area contributed by atoms with Crippen molar-refractivity contribution in [1.29, 1.82) is 10.5 Å². The number of aromatic nitrogens is 3. The molecular weight excluding hydrogens is 1000 g/mol. The highest BCUT2D eigenvalue weighted by molar-refractivity contribution is 7.20. The number of rotatable bonds is 14. The molecule has 0 amide bonds. The molecule has 0 bridgehead atoms. The molecule has 0 spiro atoms. The lowest BCUT2D eigenvalue weighted by Gasteiger charge is -2.29. The fourth-order valence-corrected chi connectivity index (χ4v) is 13.1. The maximum absolute atomic E-state index is 12.3. The quantitative estimate of drug-likeness (QED) is 0.0812. The molecule has 1 aliphatic rings. The average molecular weight is 1050 g/mol. The third-order valence-electron chi connectivity index (χ3n) is 14.3. The summed E-state index contributed by atoms with van der Waals surface area (Å²) in [5.74, 6) is 0.891. The molecule has 78 heavy (non-hydrogen) atoms. The van der Waals surface area contributed by atoms with Crippen LogP contribution in [0.25, 0.3) is 54.0 Å². The Kier molecular flexibility index (Phi) is 13.5. The van der Waals surface area contributed by atoms with Gasteiger partial charge in [0.2, 0.25) is 6.71 Å². The van der Waals surface area contributed by atoms with Gasteiger partial charge in [-0.25, -0.2) is 9.97 Å². The van der Waals surface area contributed by atoms with Crippen LogP contribution in [0, 0.1) is 22.7 Å². The maximum Gasteiger partial charge on any atom is 0.328 e. The Morgan fingerprint density at radius 3 is 1.44 bits per heavy atom. The van der Waals surface area contributed by atoms with E-state index in [1.807, 2.05) is 147 Å². The summed E-state index contributed by atoms with van der Waals surface area (Å²) in [7, 11) is 0. The smallest absolute Gasteiger partial charge is 0.328 e. The van der Waals surface area contributed by atoms with Crippen molar-refractivity contribution in [3.63, 3.8) is 0 Å². The van der Waals surface area contributed by atoms with E-state index in [0.717, 1.165) is 58.7 Å². The fraction of sp³-hybridized carbons (Fsp3) is 0.0769. The Morgan fingerprint density at radius 1 is 0.551 bits per heavy atom. The van der Waals surface area contributed by atoms with Gasteiger partial charge in [0.15, 0.2) is 0 Å². The number of phenolic OH excluding ortho intramolecular Hbond substituents is 2. The Balaban J connectivity index is 1.38. The van der Waals surface area contributed by atoms with Crippen LogP contribution in [0.3, 0.4) is 0 Å². The Labute approximate surface area is 460 Å². The van der Waals surface area contributed by atoms with Crippen LogP contribution >= 0.6 is 22.7 Å². The number of fused-ring (bicyclic) bond motifs is 3. The lowest BCUT2D eigenvalue weighted by Crippen LogP contribution is -2.55. The van der Waals surface area contributed by atoms with Crippen LogP contribution in [0.5, 0.6) is 23.0 Å². The van der Waals surface area contributed by atoms with Gasteiger partial charge < -0.3 is 24.2 Å². The third-order valence-corrected chi connectivity index (χ3v) is 16.4. The summed E-state index contributed by atoms with van der Waals surface area (Å²) >= 11 is 2.88. The van der Waals surface area contributed by atoms with Crippen molar-refractivity contribution in [2.75, 3.05) is 13.2 Å². The molecule has 0 fully saturated rings. The average Bonchev–Trinajstić information content (AvgIpc) is 4.37. The SMILES string of the molecule is CCOc1ccc2sc(/C(C#N)=c3/c4c(c(-c5ccc(O)cc5)n3B(c3ccccc3)c3ccccc3)/C(=C(\C#N)c3nc5cc(OCC)ccc5s3)C(B(c3ccccc3)c3ccccc3)C=4c3ccc(O)cc3)nc2c1. The molecule has 11 aromatic rings. The van der Waals surface area contributed by atoms with Gasteiger partial charge in [-0.05, 0) is 96.8 Å². The van der Waals surface area contributed by atoms with Crippen molar-refractivity contribution in [2.24, 2.45) is 0 Å². The Bertz CT molecular complexity index is 4210. The number of thiazole rings is 2. The first-order chi connectivity index (χ1) is 38.3. The summed E-state index contributed by atoms with van der Waals surface area (Å²) in [5.41, 5.74) is 10.5. The minimum absolute atomic E-state index is 0.0818. The molecule has 0 saturated heterocycles. The first-order valence-electron chi connectivity index (χ1n) is 25.8. The molecule has 1 atom stereocenters.